The van der Waals surface area contributed by atoms with Gasteiger partial charge >= 0.3 is 11.9 Å². The number of hydrogen-bond acceptors (Lipinski definition) is 5. The Hall–Kier alpha value is -2.66. The van der Waals surface area contributed by atoms with Crippen molar-refractivity contribution in [1.29, 1.82) is 0 Å². The Kier molecular flexibility index (Phi) is 18.4. The van der Waals surface area contributed by atoms with Crippen molar-refractivity contribution in [2.45, 2.75) is 78.7 Å². The van der Waals surface area contributed by atoms with Crippen molar-refractivity contribution in [3.8, 4) is 0 Å². The number of aliphatic hydroxyl groups is 1. The van der Waals surface area contributed by atoms with E-state index in [-0.39, 0.29) is 12.8 Å². The number of ether oxygens (including phenoxy) is 2. The zero-order valence-electron chi connectivity index (χ0n) is 20.7. The molecule has 0 saturated carbocycles. The molecule has 0 spiro atoms. The highest BCUT2D eigenvalue weighted by Crippen LogP contribution is 2.15. The van der Waals surface area contributed by atoms with Crippen molar-refractivity contribution in [3.63, 3.8) is 0 Å². The van der Waals surface area contributed by atoms with Crippen molar-refractivity contribution in [3.05, 3.63) is 72.9 Å². The molecule has 1 atom stereocenters. The molecule has 0 aromatic heterocycles. The van der Waals surface area contributed by atoms with Crippen LogP contribution in [0.25, 0.3) is 0 Å². The summed E-state index contributed by atoms with van der Waals surface area (Å²) in [5, 5.41) is 9.89. The fraction of sp³-hybridized carbons (Fsp3) is 0.500. The van der Waals surface area contributed by atoms with Crippen LogP contribution in [0.5, 0.6) is 0 Å². The fourth-order valence-electron chi connectivity index (χ4n) is 2.30. The van der Waals surface area contributed by atoms with E-state index in [0.29, 0.717) is 0 Å². The molecule has 0 aromatic rings. The van der Waals surface area contributed by atoms with Gasteiger partial charge in [0.1, 0.15) is 0 Å². The van der Waals surface area contributed by atoms with Crippen LogP contribution < -0.4 is 0 Å². The van der Waals surface area contributed by atoms with Crippen LogP contribution in [-0.2, 0) is 19.1 Å². The maximum absolute atomic E-state index is 11.6. The van der Waals surface area contributed by atoms with E-state index < -0.39 is 30.3 Å². The number of rotatable bonds is 16. The molecule has 0 aliphatic carbocycles. The van der Waals surface area contributed by atoms with Gasteiger partial charge in [-0.2, -0.15) is 0 Å². The Morgan fingerprint density at radius 1 is 0.788 bits per heavy atom. The van der Waals surface area contributed by atoms with Gasteiger partial charge in [0.15, 0.2) is 0 Å². The lowest BCUT2D eigenvalue weighted by atomic mass is 9.98. The molecule has 0 fully saturated rings. The van der Waals surface area contributed by atoms with Crippen LogP contribution in [-0.4, -0.2) is 29.9 Å². The molecule has 0 amide bonds. The predicted molar refractivity (Wildman–Crippen MR) is 135 cm³/mol. The number of carbonyl (C=O) groups is 2. The van der Waals surface area contributed by atoms with Crippen molar-refractivity contribution in [2.75, 3.05) is 6.79 Å². The molecule has 0 bridgehead atoms. The molecule has 0 saturated heterocycles. The van der Waals surface area contributed by atoms with E-state index in [1.807, 2.05) is 12.2 Å². The first kappa shape index (κ1) is 30.3. The van der Waals surface area contributed by atoms with E-state index in [1.54, 1.807) is 32.9 Å². The van der Waals surface area contributed by atoms with E-state index in [9.17, 15) is 14.7 Å². The molecule has 0 heterocycles. The van der Waals surface area contributed by atoms with Crippen LogP contribution in [0.1, 0.15) is 72.6 Å². The molecule has 1 N–H and O–H groups in total. The van der Waals surface area contributed by atoms with E-state index in [1.165, 1.54) is 0 Å². The number of hydrogen-bond donors (Lipinski definition) is 1. The predicted octanol–water partition coefficient (Wildman–Crippen LogP) is 6.53. The summed E-state index contributed by atoms with van der Waals surface area (Å²) >= 11 is 0. The van der Waals surface area contributed by atoms with Gasteiger partial charge in [0, 0.05) is 6.42 Å². The first-order valence-electron chi connectivity index (χ1n) is 11.7. The zero-order valence-corrected chi connectivity index (χ0v) is 20.7. The number of carbonyl (C=O) groups excluding carboxylic acids is 2. The van der Waals surface area contributed by atoms with Crippen LogP contribution in [0.3, 0.4) is 0 Å². The quantitative estimate of drug-likeness (QED) is 0.123. The van der Waals surface area contributed by atoms with E-state index in [2.05, 4.69) is 55.5 Å². The summed E-state index contributed by atoms with van der Waals surface area (Å²) in [4.78, 5) is 23.2. The zero-order chi connectivity index (χ0) is 24.8. The highest BCUT2D eigenvalue weighted by molar-refractivity contribution is 5.75. The summed E-state index contributed by atoms with van der Waals surface area (Å²) < 4.78 is 9.71. The molecule has 0 radical (unpaired) electrons. The highest BCUT2D eigenvalue weighted by Gasteiger charge is 2.23. The summed E-state index contributed by atoms with van der Waals surface area (Å²) in [6.45, 7) is 6.89. The molecule has 0 aliphatic rings. The third kappa shape index (κ3) is 21.0. The smallest absolute Gasteiger partial charge is 0.314 e. The lowest BCUT2D eigenvalue weighted by Gasteiger charge is -2.16. The molecule has 184 valence electrons. The molecule has 0 aliphatic heterocycles. The molecule has 5 heteroatoms. The van der Waals surface area contributed by atoms with Gasteiger partial charge in [-0.3, -0.25) is 9.59 Å². The van der Waals surface area contributed by atoms with Crippen LogP contribution in [0.2, 0.25) is 0 Å². The average molecular weight is 459 g/mol. The largest absolute Gasteiger partial charge is 0.428 e. The van der Waals surface area contributed by atoms with Crippen molar-refractivity contribution in [1.82, 2.24) is 0 Å². The topological polar surface area (TPSA) is 72.8 Å². The third-order valence-corrected chi connectivity index (χ3v) is 4.24. The Morgan fingerprint density at radius 3 is 1.82 bits per heavy atom. The average Bonchev–Trinajstić information content (AvgIpc) is 2.76. The monoisotopic (exact) mass is 458 g/mol. The van der Waals surface area contributed by atoms with Gasteiger partial charge in [0.2, 0.25) is 6.79 Å². The number of aliphatic hydroxyl groups excluding tert-OH is 1. The first-order chi connectivity index (χ1) is 15.8. The molecule has 0 rings (SSSR count). The van der Waals surface area contributed by atoms with Gasteiger partial charge in [-0.05, 0) is 59.3 Å². The maximum atomic E-state index is 11.6. The molecule has 5 nitrogen and oxygen atoms in total. The molecular formula is C28H42O5. The Labute approximate surface area is 200 Å². The Balaban J connectivity index is 3.83. The fourth-order valence-corrected chi connectivity index (χ4v) is 2.30. The van der Waals surface area contributed by atoms with Crippen LogP contribution in [0.4, 0.5) is 0 Å². The molecule has 33 heavy (non-hydrogen) atoms. The number of esters is 2. The van der Waals surface area contributed by atoms with E-state index in [4.69, 9.17) is 9.47 Å². The lowest BCUT2D eigenvalue weighted by molar-refractivity contribution is -0.173. The first-order valence-corrected chi connectivity index (χ1v) is 11.7. The van der Waals surface area contributed by atoms with Gasteiger partial charge in [-0.25, -0.2) is 0 Å². The summed E-state index contributed by atoms with van der Waals surface area (Å²) in [5.41, 5.74) is -0.642. The van der Waals surface area contributed by atoms with Crippen LogP contribution >= 0.6 is 0 Å². The van der Waals surface area contributed by atoms with Gasteiger partial charge in [-0.1, -0.05) is 79.8 Å². The minimum atomic E-state index is -0.739. The standard InChI is InChI=1S/C28H42O5/c1-5-6-7-8-9-10-11-12-13-14-15-16-17-18-19-20-21-25(29)22-23-26(30)32-24-33-27(31)28(2,3)4/h6-7,9-10,12-13,15-16,18-21,25,29H,5,8,11,14,17,22-24H2,1-4H3/b7-6-,10-9-,13-12-,16-15-,19-18-,21-20+. The van der Waals surface area contributed by atoms with Gasteiger partial charge in [0.05, 0.1) is 11.5 Å². The van der Waals surface area contributed by atoms with E-state index >= 15 is 0 Å². The van der Waals surface area contributed by atoms with Crippen molar-refractivity contribution in [2.24, 2.45) is 5.41 Å². The number of allylic oxidation sites excluding steroid dienone is 11. The van der Waals surface area contributed by atoms with Crippen molar-refractivity contribution >= 4 is 11.9 Å². The minimum Gasteiger partial charge on any atom is -0.428 e. The Morgan fingerprint density at radius 2 is 1.30 bits per heavy atom. The van der Waals surface area contributed by atoms with Crippen LogP contribution in [0, 0.1) is 5.41 Å². The van der Waals surface area contributed by atoms with Gasteiger partial charge < -0.3 is 14.6 Å². The molecule has 1 unspecified atom stereocenters. The summed E-state index contributed by atoms with van der Waals surface area (Å²) in [5.74, 6) is -0.950. The molecule has 0 aromatic carbocycles. The Bertz CT molecular complexity index is 702. The molecular weight excluding hydrogens is 416 g/mol. The van der Waals surface area contributed by atoms with Crippen LogP contribution in [0.15, 0.2) is 72.9 Å². The van der Waals surface area contributed by atoms with E-state index in [0.717, 1.165) is 32.1 Å². The van der Waals surface area contributed by atoms with Gasteiger partial charge in [-0.15, -0.1) is 0 Å². The van der Waals surface area contributed by atoms with Crippen molar-refractivity contribution < 1.29 is 24.2 Å². The highest BCUT2D eigenvalue weighted by atomic mass is 16.7. The second-order valence-electron chi connectivity index (χ2n) is 8.47. The SMILES string of the molecule is CC/C=C\C/C=C\C/C=C\C/C=C\C/C=C\C=C\C(O)CCC(=O)OCOC(=O)C(C)(C)C. The summed E-state index contributed by atoms with van der Waals surface area (Å²) in [7, 11) is 0. The second-order valence-corrected chi connectivity index (χ2v) is 8.47. The minimum absolute atomic E-state index is 0.0459. The second kappa shape index (κ2) is 20.0. The van der Waals surface area contributed by atoms with Gasteiger partial charge in [0.25, 0.3) is 0 Å². The maximum Gasteiger partial charge on any atom is 0.314 e. The third-order valence-electron chi connectivity index (χ3n) is 4.24. The normalized spacial score (nSPS) is 14.0. The summed E-state index contributed by atoms with van der Waals surface area (Å²) in [6.07, 6.45) is 28.8. The summed E-state index contributed by atoms with van der Waals surface area (Å²) in [6, 6.07) is 0. The lowest BCUT2D eigenvalue weighted by Crippen LogP contribution is -2.24.